The largest absolute Gasteiger partial charge is 0.405 e. The van der Waals surface area contributed by atoms with E-state index in [9.17, 15) is 22.8 Å². The maximum atomic E-state index is 12.6. The van der Waals surface area contributed by atoms with Gasteiger partial charge in [0.05, 0.1) is 17.1 Å². The number of carbonyl (C=O) groups is 2. The van der Waals surface area contributed by atoms with E-state index in [0.717, 1.165) is 5.56 Å². The molecule has 0 radical (unpaired) electrons. The highest BCUT2D eigenvalue weighted by Crippen LogP contribution is 2.30. The lowest BCUT2D eigenvalue weighted by Crippen LogP contribution is -2.48. The molecule has 1 aromatic carbocycles. The summed E-state index contributed by atoms with van der Waals surface area (Å²) in [7, 11) is 0. The predicted molar refractivity (Wildman–Crippen MR) is 100 cm³/mol. The van der Waals surface area contributed by atoms with Gasteiger partial charge < -0.3 is 10.2 Å². The third-order valence-corrected chi connectivity index (χ3v) is 5.58. The van der Waals surface area contributed by atoms with Gasteiger partial charge in [0.15, 0.2) is 0 Å². The molecule has 1 atom stereocenters. The summed E-state index contributed by atoms with van der Waals surface area (Å²) in [6, 6.07) is 6.34. The van der Waals surface area contributed by atoms with Crippen LogP contribution in [0.15, 0.2) is 29.6 Å². The fourth-order valence-electron chi connectivity index (χ4n) is 3.05. The summed E-state index contributed by atoms with van der Waals surface area (Å²) in [5.41, 5.74) is 1.30. The lowest BCUT2D eigenvalue weighted by atomic mass is 10.2. The molecule has 0 spiro atoms. The molecule has 0 aliphatic carbocycles. The highest BCUT2D eigenvalue weighted by atomic mass is 35.5. The van der Waals surface area contributed by atoms with Crippen molar-refractivity contribution in [1.82, 2.24) is 15.2 Å². The molecule has 5 nitrogen and oxygen atoms in total. The van der Waals surface area contributed by atoms with Crippen LogP contribution in [0.3, 0.4) is 0 Å². The molecular formula is C18H17ClF3N3O2S. The molecule has 10 heteroatoms. The average molecular weight is 432 g/mol. The Morgan fingerprint density at radius 2 is 2.07 bits per heavy atom. The first-order valence-electron chi connectivity index (χ1n) is 8.58. The van der Waals surface area contributed by atoms with E-state index in [1.165, 1.54) is 16.2 Å². The Labute approximate surface area is 168 Å². The molecule has 1 fully saturated rings. The Balaban J connectivity index is 1.64. The molecular weight excluding hydrogens is 415 g/mol. The number of hydrogen-bond acceptors (Lipinski definition) is 4. The molecule has 0 unspecified atom stereocenters. The molecule has 1 aliphatic rings. The van der Waals surface area contributed by atoms with E-state index in [1.54, 1.807) is 17.5 Å². The minimum atomic E-state index is -4.49. The van der Waals surface area contributed by atoms with Crippen molar-refractivity contribution in [3.05, 3.63) is 40.4 Å². The fraction of sp³-hybridized carbons (Fsp3) is 0.389. The number of nitrogens with one attached hydrogen (secondary N) is 1. The molecule has 2 aromatic rings. The molecule has 28 heavy (non-hydrogen) atoms. The predicted octanol–water partition coefficient (Wildman–Crippen LogP) is 3.68. The van der Waals surface area contributed by atoms with Crippen LogP contribution in [0.4, 0.5) is 13.2 Å². The second kappa shape index (κ2) is 8.48. The summed E-state index contributed by atoms with van der Waals surface area (Å²) >= 11 is 7.51. The molecule has 1 aromatic heterocycles. The van der Waals surface area contributed by atoms with E-state index in [-0.39, 0.29) is 12.3 Å². The van der Waals surface area contributed by atoms with Crippen molar-refractivity contribution in [3.8, 4) is 10.6 Å². The van der Waals surface area contributed by atoms with Gasteiger partial charge in [0, 0.05) is 17.5 Å². The number of benzene rings is 1. The molecule has 2 heterocycles. The lowest BCUT2D eigenvalue weighted by Gasteiger charge is -2.24. The molecule has 150 valence electrons. The number of hydrogen-bond donors (Lipinski definition) is 1. The molecule has 0 bridgehead atoms. The number of thiazole rings is 1. The number of rotatable bonds is 5. The zero-order valence-corrected chi connectivity index (χ0v) is 16.2. The Kier molecular flexibility index (Phi) is 6.24. The smallest absolute Gasteiger partial charge is 0.345 e. The standard InChI is InChI=1S/C18H17ClF3N3O2S/c19-13-5-2-1-4-12(13)17-24-11(9-28-17)8-15(26)25-7-3-6-14(25)16(27)23-10-18(20,21)22/h1-2,4-5,9,14H,3,6-8,10H2,(H,23,27)/t14-/m1/s1. The van der Waals surface area contributed by atoms with E-state index in [1.807, 2.05) is 17.4 Å². The van der Waals surface area contributed by atoms with Crippen LogP contribution in [0.5, 0.6) is 0 Å². The first kappa shape index (κ1) is 20.6. The van der Waals surface area contributed by atoms with Crippen molar-refractivity contribution < 1.29 is 22.8 Å². The Hall–Kier alpha value is -2.13. The molecule has 1 aliphatic heterocycles. The van der Waals surface area contributed by atoms with Crippen molar-refractivity contribution >= 4 is 34.8 Å². The van der Waals surface area contributed by atoms with Crippen LogP contribution in [0.25, 0.3) is 10.6 Å². The van der Waals surface area contributed by atoms with E-state index in [0.29, 0.717) is 35.1 Å². The van der Waals surface area contributed by atoms with Gasteiger partial charge in [0.25, 0.3) is 0 Å². The third-order valence-electron chi connectivity index (χ3n) is 4.33. The fourth-order valence-corrected chi connectivity index (χ4v) is 4.19. The van der Waals surface area contributed by atoms with Crippen LogP contribution < -0.4 is 5.32 Å². The number of halogens is 4. The number of likely N-dealkylation sites (tertiary alicyclic amines) is 1. The minimum absolute atomic E-state index is 0.0238. The minimum Gasteiger partial charge on any atom is -0.345 e. The van der Waals surface area contributed by atoms with Crippen LogP contribution in [0, 0.1) is 0 Å². The van der Waals surface area contributed by atoms with Crippen LogP contribution in [0.2, 0.25) is 5.02 Å². The summed E-state index contributed by atoms with van der Waals surface area (Å²) in [6.45, 7) is -1.07. The van der Waals surface area contributed by atoms with Gasteiger partial charge in [-0.2, -0.15) is 13.2 Å². The van der Waals surface area contributed by atoms with Crippen molar-refractivity contribution in [2.24, 2.45) is 0 Å². The number of aromatic nitrogens is 1. The van der Waals surface area contributed by atoms with Gasteiger partial charge in [-0.15, -0.1) is 11.3 Å². The van der Waals surface area contributed by atoms with Gasteiger partial charge in [-0.3, -0.25) is 9.59 Å². The van der Waals surface area contributed by atoms with Crippen molar-refractivity contribution in [3.63, 3.8) is 0 Å². The molecule has 1 saturated heterocycles. The average Bonchev–Trinajstić information content (AvgIpc) is 3.29. The van der Waals surface area contributed by atoms with Gasteiger partial charge in [0.1, 0.15) is 17.6 Å². The number of alkyl halides is 3. The van der Waals surface area contributed by atoms with Gasteiger partial charge in [0.2, 0.25) is 11.8 Å². The zero-order valence-electron chi connectivity index (χ0n) is 14.6. The van der Waals surface area contributed by atoms with Crippen LogP contribution in [-0.4, -0.2) is 47.0 Å². The topological polar surface area (TPSA) is 62.3 Å². The summed E-state index contributed by atoms with van der Waals surface area (Å²) < 4.78 is 36.9. The molecule has 3 rings (SSSR count). The zero-order chi connectivity index (χ0) is 20.3. The second-order valence-electron chi connectivity index (χ2n) is 6.38. The van der Waals surface area contributed by atoms with E-state index in [4.69, 9.17) is 11.6 Å². The summed E-state index contributed by atoms with van der Waals surface area (Å²) in [4.78, 5) is 30.4. The maximum Gasteiger partial charge on any atom is 0.405 e. The van der Waals surface area contributed by atoms with Crippen LogP contribution in [0.1, 0.15) is 18.5 Å². The SMILES string of the molecule is O=C(NCC(F)(F)F)[C@H]1CCCN1C(=O)Cc1csc(-c2ccccc2Cl)n1. The van der Waals surface area contributed by atoms with Crippen LogP contribution >= 0.6 is 22.9 Å². The molecule has 1 N–H and O–H groups in total. The Morgan fingerprint density at radius 1 is 1.32 bits per heavy atom. The van der Waals surface area contributed by atoms with E-state index in [2.05, 4.69) is 4.98 Å². The first-order valence-corrected chi connectivity index (χ1v) is 9.83. The normalized spacial score (nSPS) is 17.0. The van der Waals surface area contributed by atoms with Gasteiger partial charge in [-0.1, -0.05) is 29.8 Å². The van der Waals surface area contributed by atoms with Crippen molar-refractivity contribution in [1.29, 1.82) is 0 Å². The number of carbonyl (C=O) groups excluding carboxylic acids is 2. The van der Waals surface area contributed by atoms with Crippen molar-refractivity contribution in [2.45, 2.75) is 31.5 Å². The highest BCUT2D eigenvalue weighted by Gasteiger charge is 2.36. The summed E-state index contributed by atoms with van der Waals surface area (Å²) in [5.74, 6) is -1.11. The summed E-state index contributed by atoms with van der Waals surface area (Å²) in [6.07, 6.45) is -3.60. The highest BCUT2D eigenvalue weighted by molar-refractivity contribution is 7.13. The third kappa shape index (κ3) is 5.02. The first-order chi connectivity index (χ1) is 13.2. The monoisotopic (exact) mass is 431 g/mol. The second-order valence-corrected chi connectivity index (χ2v) is 7.64. The van der Waals surface area contributed by atoms with Gasteiger partial charge in [-0.05, 0) is 18.9 Å². The quantitative estimate of drug-likeness (QED) is 0.785. The van der Waals surface area contributed by atoms with Gasteiger partial charge in [-0.25, -0.2) is 4.98 Å². The Bertz CT molecular complexity index is 872. The van der Waals surface area contributed by atoms with Crippen molar-refractivity contribution in [2.75, 3.05) is 13.1 Å². The maximum absolute atomic E-state index is 12.6. The van der Waals surface area contributed by atoms with Crippen LogP contribution in [-0.2, 0) is 16.0 Å². The lowest BCUT2D eigenvalue weighted by molar-refractivity contribution is -0.144. The van der Waals surface area contributed by atoms with E-state index >= 15 is 0 Å². The number of nitrogens with zero attached hydrogens (tertiary/aromatic N) is 2. The Morgan fingerprint density at radius 3 is 2.79 bits per heavy atom. The van der Waals surface area contributed by atoms with E-state index < -0.39 is 24.7 Å². The summed E-state index contributed by atoms with van der Waals surface area (Å²) in [5, 5.41) is 4.83. The van der Waals surface area contributed by atoms with Gasteiger partial charge >= 0.3 is 6.18 Å². The molecule has 2 amide bonds. The number of amides is 2. The molecule has 0 saturated carbocycles.